The van der Waals surface area contributed by atoms with Gasteiger partial charge in [0.2, 0.25) is 0 Å². The number of aliphatic hydroxyl groups is 1. The number of aromatic nitrogens is 4. The minimum Gasteiger partial charge on any atom is -0.477 e. The Bertz CT molecular complexity index is 672. The number of rotatable bonds is 5. The lowest BCUT2D eigenvalue weighted by Gasteiger charge is -2.33. The monoisotopic (exact) mass is 319 g/mol. The lowest BCUT2D eigenvalue weighted by Crippen LogP contribution is -2.35. The van der Waals surface area contributed by atoms with Crippen LogP contribution >= 0.6 is 0 Å². The molecule has 2 aromatic heterocycles. The van der Waals surface area contributed by atoms with Crippen LogP contribution in [0, 0.1) is 5.92 Å². The molecular formula is C15H21N5O3. The Morgan fingerprint density at radius 3 is 2.83 bits per heavy atom. The van der Waals surface area contributed by atoms with Crippen molar-refractivity contribution in [3.05, 3.63) is 35.7 Å². The molecule has 1 saturated heterocycles. The van der Waals surface area contributed by atoms with Crippen LogP contribution in [-0.4, -0.2) is 53.9 Å². The van der Waals surface area contributed by atoms with Crippen LogP contribution in [0.5, 0.6) is 0 Å². The predicted octanol–water partition coefficient (Wildman–Crippen LogP) is 0.787. The molecular weight excluding hydrogens is 298 g/mol. The molecule has 8 nitrogen and oxygen atoms in total. The first-order valence-corrected chi connectivity index (χ1v) is 7.69. The van der Waals surface area contributed by atoms with Crippen LogP contribution in [0.15, 0.2) is 18.6 Å². The third-order valence-corrected chi connectivity index (χ3v) is 4.53. The molecule has 0 saturated carbocycles. The highest BCUT2D eigenvalue weighted by Crippen LogP contribution is 2.30. The van der Waals surface area contributed by atoms with Gasteiger partial charge in [0, 0.05) is 31.5 Å². The molecule has 0 aromatic carbocycles. The van der Waals surface area contributed by atoms with E-state index in [0.717, 1.165) is 25.9 Å². The van der Waals surface area contributed by atoms with Gasteiger partial charge in [-0.25, -0.2) is 9.78 Å². The third kappa shape index (κ3) is 3.27. The molecule has 0 spiro atoms. The van der Waals surface area contributed by atoms with Crippen molar-refractivity contribution in [3.63, 3.8) is 0 Å². The smallest absolute Gasteiger partial charge is 0.354 e. The molecule has 23 heavy (non-hydrogen) atoms. The molecule has 1 unspecified atom stereocenters. The molecule has 8 heteroatoms. The Kier molecular flexibility index (Phi) is 4.44. The number of aliphatic hydroxyl groups excluding tert-OH is 1. The first kappa shape index (κ1) is 15.7. The van der Waals surface area contributed by atoms with Crippen LogP contribution in [0.2, 0.25) is 0 Å². The number of piperidine rings is 1. The van der Waals surface area contributed by atoms with Crippen molar-refractivity contribution in [1.82, 2.24) is 24.6 Å². The SMILES string of the molecule is Cn1ccnc1C(O)C1CCN(Cc2cn[nH]c2C(=O)O)CC1. The fourth-order valence-corrected chi connectivity index (χ4v) is 3.16. The lowest BCUT2D eigenvalue weighted by atomic mass is 9.90. The van der Waals surface area contributed by atoms with E-state index in [2.05, 4.69) is 20.1 Å². The largest absolute Gasteiger partial charge is 0.477 e. The van der Waals surface area contributed by atoms with E-state index < -0.39 is 12.1 Å². The highest BCUT2D eigenvalue weighted by molar-refractivity contribution is 5.86. The van der Waals surface area contributed by atoms with Crippen molar-refractivity contribution in [2.45, 2.75) is 25.5 Å². The normalized spacial score (nSPS) is 18.2. The number of H-pyrrole nitrogens is 1. The summed E-state index contributed by atoms with van der Waals surface area (Å²) >= 11 is 0. The van der Waals surface area contributed by atoms with Gasteiger partial charge >= 0.3 is 5.97 Å². The van der Waals surface area contributed by atoms with E-state index in [1.807, 2.05) is 17.8 Å². The maximum atomic E-state index is 11.1. The van der Waals surface area contributed by atoms with Gasteiger partial charge in [-0.1, -0.05) is 0 Å². The first-order valence-electron chi connectivity index (χ1n) is 7.69. The van der Waals surface area contributed by atoms with Gasteiger partial charge in [-0.05, 0) is 31.8 Å². The Balaban J connectivity index is 1.57. The number of aryl methyl sites for hydroxylation is 1. The number of nitrogens with one attached hydrogen (secondary N) is 1. The van der Waals surface area contributed by atoms with Gasteiger partial charge in [0.25, 0.3) is 0 Å². The molecule has 1 aliphatic rings. The van der Waals surface area contributed by atoms with Gasteiger partial charge < -0.3 is 14.8 Å². The van der Waals surface area contributed by atoms with Crippen molar-refractivity contribution in [1.29, 1.82) is 0 Å². The second-order valence-electron chi connectivity index (χ2n) is 6.03. The highest BCUT2D eigenvalue weighted by Gasteiger charge is 2.29. The van der Waals surface area contributed by atoms with Crippen LogP contribution in [-0.2, 0) is 13.6 Å². The second-order valence-corrected chi connectivity index (χ2v) is 6.03. The van der Waals surface area contributed by atoms with Gasteiger partial charge in [0.05, 0.1) is 6.20 Å². The molecule has 124 valence electrons. The number of hydrogen-bond acceptors (Lipinski definition) is 5. The Morgan fingerprint density at radius 2 is 2.22 bits per heavy atom. The lowest BCUT2D eigenvalue weighted by molar-refractivity contribution is 0.0490. The second kappa shape index (κ2) is 6.51. The predicted molar refractivity (Wildman–Crippen MR) is 81.7 cm³/mol. The Hall–Kier alpha value is -2.19. The molecule has 2 aromatic rings. The van der Waals surface area contributed by atoms with E-state index in [4.69, 9.17) is 5.11 Å². The standard InChI is InChI=1S/C15H21N5O3/c1-19-7-4-16-14(19)13(21)10-2-5-20(6-3-10)9-11-8-17-18-12(11)15(22)23/h4,7-8,10,13,21H,2-3,5-6,9H2,1H3,(H,17,18)(H,22,23). The number of nitrogens with zero attached hydrogens (tertiary/aromatic N) is 4. The van der Waals surface area contributed by atoms with Gasteiger partial charge in [-0.15, -0.1) is 0 Å². The minimum atomic E-state index is -0.988. The van der Waals surface area contributed by atoms with E-state index >= 15 is 0 Å². The van der Waals surface area contributed by atoms with Crippen LogP contribution in [0.3, 0.4) is 0 Å². The summed E-state index contributed by atoms with van der Waals surface area (Å²) in [5.41, 5.74) is 0.848. The minimum absolute atomic E-state index is 0.153. The topological polar surface area (TPSA) is 107 Å². The van der Waals surface area contributed by atoms with Crippen molar-refractivity contribution < 1.29 is 15.0 Å². The summed E-state index contributed by atoms with van der Waals surface area (Å²) < 4.78 is 1.85. The number of carboxylic acids is 1. The average molecular weight is 319 g/mol. The van der Waals surface area contributed by atoms with Gasteiger partial charge in [0.1, 0.15) is 17.6 Å². The Labute approximate surface area is 133 Å². The third-order valence-electron chi connectivity index (χ3n) is 4.53. The van der Waals surface area contributed by atoms with Crippen LogP contribution in [0.25, 0.3) is 0 Å². The van der Waals surface area contributed by atoms with Gasteiger partial charge in [-0.3, -0.25) is 10.00 Å². The molecule has 0 amide bonds. The number of hydrogen-bond donors (Lipinski definition) is 3. The van der Waals surface area contributed by atoms with Gasteiger partial charge in [0.15, 0.2) is 0 Å². The van der Waals surface area contributed by atoms with Crippen LogP contribution in [0.4, 0.5) is 0 Å². The maximum absolute atomic E-state index is 11.1. The average Bonchev–Trinajstić information content (AvgIpc) is 3.16. The summed E-state index contributed by atoms with van der Waals surface area (Å²) in [7, 11) is 1.88. The fraction of sp³-hybridized carbons (Fsp3) is 0.533. The number of aromatic carboxylic acids is 1. The molecule has 3 heterocycles. The molecule has 0 aliphatic carbocycles. The fourth-order valence-electron chi connectivity index (χ4n) is 3.16. The van der Waals surface area contributed by atoms with Crippen molar-refractivity contribution in [2.24, 2.45) is 13.0 Å². The number of imidazole rings is 1. The quantitative estimate of drug-likeness (QED) is 0.752. The zero-order chi connectivity index (χ0) is 16.4. The summed E-state index contributed by atoms with van der Waals surface area (Å²) in [6.07, 6.45) is 6.25. The summed E-state index contributed by atoms with van der Waals surface area (Å²) in [6, 6.07) is 0. The van der Waals surface area contributed by atoms with Crippen LogP contribution in [0.1, 0.15) is 40.8 Å². The van der Waals surface area contributed by atoms with E-state index in [1.165, 1.54) is 0 Å². The molecule has 3 N–H and O–H groups in total. The zero-order valence-electron chi connectivity index (χ0n) is 13.0. The van der Waals surface area contributed by atoms with E-state index in [0.29, 0.717) is 17.9 Å². The Morgan fingerprint density at radius 1 is 1.48 bits per heavy atom. The highest BCUT2D eigenvalue weighted by atomic mass is 16.4. The number of carbonyl (C=O) groups is 1. The number of aromatic amines is 1. The molecule has 0 radical (unpaired) electrons. The summed E-state index contributed by atoms with van der Waals surface area (Å²) in [6.45, 7) is 2.19. The zero-order valence-corrected chi connectivity index (χ0v) is 13.0. The van der Waals surface area contributed by atoms with E-state index in [9.17, 15) is 9.90 Å². The summed E-state index contributed by atoms with van der Waals surface area (Å²) in [5, 5.41) is 25.9. The molecule has 1 aliphatic heterocycles. The van der Waals surface area contributed by atoms with E-state index in [1.54, 1.807) is 12.4 Å². The van der Waals surface area contributed by atoms with Crippen molar-refractivity contribution in [2.75, 3.05) is 13.1 Å². The van der Waals surface area contributed by atoms with Crippen LogP contribution < -0.4 is 0 Å². The summed E-state index contributed by atoms with van der Waals surface area (Å²) in [4.78, 5) is 17.5. The molecule has 0 bridgehead atoms. The number of carboxylic acid groups (broad SMARTS) is 1. The van der Waals surface area contributed by atoms with Crippen molar-refractivity contribution >= 4 is 5.97 Å². The van der Waals surface area contributed by atoms with Gasteiger partial charge in [-0.2, -0.15) is 5.10 Å². The summed E-state index contributed by atoms with van der Waals surface area (Å²) in [5.74, 6) is -0.111. The molecule has 1 atom stereocenters. The van der Waals surface area contributed by atoms with Crippen molar-refractivity contribution in [3.8, 4) is 0 Å². The number of likely N-dealkylation sites (tertiary alicyclic amines) is 1. The first-order chi connectivity index (χ1) is 11.1. The maximum Gasteiger partial charge on any atom is 0.354 e. The molecule has 1 fully saturated rings. The van der Waals surface area contributed by atoms with E-state index in [-0.39, 0.29) is 11.6 Å². The molecule has 3 rings (SSSR count).